The van der Waals surface area contributed by atoms with Gasteiger partial charge in [-0.3, -0.25) is 10.1 Å². The number of benzene rings is 1. The van der Waals surface area contributed by atoms with Crippen molar-refractivity contribution in [3.05, 3.63) is 53.8 Å². The van der Waals surface area contributed by atoms with Gasteiger partial charge < -0.3 is 9.84 Å². The average molecular weight is 407 g/mol. The third-order valence-corrected chi connectivity index (χ3v) is 6.49. The molecule has 29 heavy (non-hydrogen) atoms. The quantitative estimate of drug-likeness (QED) is 0.489. The number of aromatic nitrogens is 4. The van der Waals surface area contributed by atoms with Crippen molar-refractivity contribution in [3.8, 4) is 22.9 Å². The lowest BCUT2D eigenvalue weighted by molar-refractivity contribution is 0.0700. The van der Waals surface area contributed by atoms with Gasteiger partial charge in [0, 0.05) is 30.9 Å². The van der Waals surface area contributed by atoms with E-state index in [-0.39, 0.29) is 6.10 Å². The Balaban J connectivity index is 1.34. The molecule has 5 rings (SSSR count). The third kappa shape index (κ3) is 4.02. The first-order chi connectivity index (χ1) is 14.2. The first kappa shape index (κ1) is 18.3. The van der Waals surface area contributed by atoms with Crippen LogP contribution in [0.5, 0.6) is 11.5 Å². The van der Waals surface area contributed by atoms with Crippen LogP contribution in [-0.4, -0.2) is 31.4 Å². The van der Waals surface area contributed by atoms with Crippen molar-refractivity contribution in [2.75, 3.05) is 0 Å². The lowest BCUT2D eigenvalue weighted by atomic mass is 9.84. The highest BCUT2D eigenvalue weighted by Crippen LogP contribution is 2.33. The molecule has 1 aliphatic carbocycles. The van der Waals surface area contributed by atoms with Gasteiger partial charge in [-0.2, -0.15) is 5.10 Å². The zero-order valence-electron chi connectivity index (χ0n) is 15.9. The van der Waals surface area contributed by atoms with Crippen molar-refractivity contribution in [2.24, 2.45) is 5.92 Å². The van der Waals surface area contributed by atoms with E-state index in [2.05, 4.69) is 15.2 Å². The summed E-state index contributed by atoms with van der Waals surface area (Å²) in [5, 5.41) is 18.2. The molecule has 1 aliphatic rings. The maximum atomic E-state index is 10.2. The number of H-pyrrole nitrogens is 1. The van der Waals surface area contributed by atoms with Crippen LogP contribution in [0, 0.1) is 5.92 Å². The molecule has 4 aromatic rings. The first-order valence-corrected chi connectivity index (χ1v) is 10.8. The number of aliphatic hydroxyl groups is 1. The summed E-state index contributed by atoms with van der Waals surface area (Å²) in [4.78, 5) is 9.13. The van der Waals surface area contributed by atoms with Crippen molar-refractivity contribution in [1.29, 1.82) is 0 Å². The summed E-state index contributed by atoms with van der Waals surface area (Å²) in [5.41, 5.74) is 2.62. The minimum absolute atomic E-state index is 0.189. The molecule has 1 aromatic carbocycles. The van der Waals surface area contributed by atoms with E-state index in [1.165, 1.54) is 6.42 Å². The van der Waals surface area contributed by atoms with Gasteiger partial charge in [0.1, 0.15) is 11.5 Å². The van der Waals surface area contributed by atoms with Crippen LogP contribution in [0.15, 0.2) is 48.8 Å². The predicted molar refractivity (Wildman–Crippen MR) is 113 cm³/mol. The van der Waals surface area contributed by atoms with Gasteiger partial charge in [0.15, 0.2) is 0 Å². The maximum absolute atomic E-state index is 10.2. The molecule has 7 heteroatoms. The van der Waals surface area contributed by atoms with Crippen LogP contribution in [0.2, 0.25) is 0 Å². The molecule has 3 aromatic heterocycles. The smallest absolute Gasteiger partial charge is 0.131 e. The van der Waals surface area contributed by atoms with E-state index in [9.17, 15) is 5.11 Å². The molecule has 1 fully saturated rings. The molecule has 148 valence electrons. The second-order valence-corrected chi connectivity index (χ2v) is 8.62. The minimum Gasteiger partial charge on any atom is -0.457 e. The highest BCUT2D eigenvalue weighted by atomic mass is 32.1. The summed E-state index contributed by atoms with van der Waals surface area (Å²) in [6.45, 7) is 0. The molecule has 0 unspecified atom stereocenters. The van der Waals surface area contributed by atoms with E-state index >= 15 is 0 Å². The number of ether oxygens (including phenoxy) is 1. The molecular formula is C22H22N4O2S. The van der Waals surface area contributed by atoms with Crippen LogP contribution in [-0.2, 0) is 6.42 Å². The number of aliphatic hydroxyl groups excluding tert-OH is 1. The number of hydrogen-bond donors (Lipinski definition) is 2. The van der Waals surface area contributed by atoms with Gasteiger partial charge >= 0.3 is 0 Å². The number of rotatable bonds is 5. The lowest BCUT2D eigenvalue weighted by Gasteiger charge is -2.26. The van der Waals surface area contributed by atoms with Gasteiger partial charge in [-0.25, -0.2) is 4.98 Å². The minimum atomic E-state index is -0.189. The summed E-state index contributed by atoms with van der Waals surface area (Å²) in [6.07, 6.45) is 8.44. The second-order valence-electron chi connectivity index (χ2n) is 7.50. The van der Waals surface area contributed by atoms with E-state index in [1.54, 1.807) is 23.7 Å². The number of thiazole rings is 1. The van der Waals surface area contributed by atoms with Gasteiger partial charge in [-0.1, -0.05) is 12.8 Å². The maximum Gasteiger partial charge on any atom is 0.131 e. The Kier molecular flexibility index (Phi) is 4.99. The lowest BCUT2D eigenvalue weighted by Crippen LogP contribution is -2.26. The monoisotopic (exact) mass is 406 g/mol. The molecule has 0 radical (unpaired) electrons. The fourth-order valence-electron chi connectivity index (χ4n) is 3.91. The van der Waals surface area contributed by atoms with E-state index < -0.39 is 0 Å². The standard InChI is InChI=1S/C22H22N4O2S/c27-20-4-2-1-3-14(20)11-22-25-18-6-5-15(13-21(18)29-22)28-16-7-9-23-19(12-16)17-8-10-24-26-17/h5-10,12-14,20,27H,1-4,11H2,(H,24,26)/t14-,20+/m0/s1. The normalized spacial score (nSPS) is 19.5. The first-order valence-electron chi connectivity index (χ1n) is 9.96. The second kappa shape index (κ2) is 7.93. The van der Waals surface area contributed by atoms with Gasteiger partial charge in [0.05, 0.1) is 32.7 Å². The molecule has 2 N–H and O–H groups in total. The summed E-state index contributed by atoms with van der Waals surface area (Å²) in [7, 11) is 0. The topological polar surface area (TPSA) is 83.9 Å². The van der Waals surface area contributed by atoms with Crippen LogP contribution in [0.4, 0.5) is 0 Å². The van der Waals surface area contributed by atoms with Crippen LogP contribution >= 0.6 is 11.3 Å². The van der Waals surface area contributed by atoms with Crippen molar-refractivity contribution in [1.82, 2.24) is 20.2 Å². The van der Waals surface area contributed by atoms with Gasteiger partial charge in [0.25, 0.3) is 0 Å². The summed E-state index contributed by atoms with van der Waals surface area (Å²) in [6, 6.07) is 11.6. The molecule has 6 nitrogen and oxygen atoms in total. The van der Waals surface area contributed by atoms with E-state index in [0.29, 0.717) is 5.92 Å². The molecule has 0 spiro atoms. The van der Waals surface area contributed by atoms with Crippen LogP contribution < -0.4 is 4.74 Å². The highest BCUT2D eigenvalue weighted by Gasteiger charge is 2.24. The van der Waals surface area contributed by atoms with Gasteiger partial charge in [0.2, 0.25) is 0 Å². The SMILES string of the molecule is O[C@@H]1CCCC[C@H]1Cc1nc2ccc(Oc3ccnc(-c4ccn[nH]4)c3)cc2s1. The highest BCUT2D eigenvalue weighted by molar-refractivity contribution is 7.18. The number of pyridine rings is 1. The zero-order chi connectivity index (χ0) is 19.6. The Labute approximate surface area is 172 Å². The fraction of sp³-hybridized carbons (Fsp3) is 0.318. The van der Waals surface area contributed by atoms with Crippen molar-refractivity contribution < 1.29 is 9.84 Å². The van der Waals surface area contributed by atoms with E-state index in [0.717, 1.165) is 63.8 Å². The number of fused-ring (bicyclic) bond motifs is 1. The van der Waals surface area contributed by atoms with Gasteiger partial charge in [-0.15, -0.1) is 11.3 Å². The van der Waals surface area contributed by atoms with Crippen molar-refractivity contribution in [3.63, 3.8) is 0 Å². The number of nitrogens with one attached hydrogen (secondary N) is 1. The third-order valence-electron chi connectivity index (χ3n) is 5.45. The molecular weight excluding hydrogens is 384 g/mol. The van der Waals surface area contributed by atoms with Crippen molar-refractivity contribution in [2.45, 2.75) is 38.2 Å². The van der Waals surface area contributed by atoms with Gasteiger partial charge in [-0.05, 0) is 43.0 Å². The number of hydrogen-bond acceptors (Lipinski definition) is 6. The van der Waals surface area contributed by atoms with Crippen LogP contribution in [0.25, 0.3) is 21.6 Å². The summed E-state index contributed by atoms with van der Waals surface area (Å²) >= 11 is 1.69. The number of aromatic amines is 1. The predicted octanol–water partition coefficient (Wildman–Crippen LogP) is 4.97. The zero-order valence-corrected chi connectivity index (χ0v) is 16.7. The largest absolute Gasteiger partial charge is 0.457 e. The van der Waals surface area contributed by atoms with Crippen molar-refractivity contribution >= 4 is 21.6 Å². The molecule has 0 amide bonds. The van der Waals surface area contributed by atoms with Crippen LogP contribution in [0.1, 0.15) is 30.7 Å². The van der Waals surface area contributed by atoms with E-state index in [4.69, 9.17) is 9.72 Å². The summed E-state index contributed by atoms with van der Waals surface area (Å²) < 4.78 is 7.17. The Morgan fingerprint density at radius 1 is 1.07 bits per heavy atom. The fourth-order valence-corrected chi connectivity index (χ4v) is 5.00. The summed E-state index contributed by atoms with van der Waals surface area (Å²) in [5.74, 6) is 1.82. The average Bonchev–Trinajstić information content (AvgIpc) is 3.39. The van der Waals surface area contributed by atoms with Crippen LogP contribution in [0.3, 0.4) is 0 Å². The molecule has 0 saturated heterocycles. The Bertz CT molecular complexity index is 1110. The molecule has 2 atom stereocenters. The Morgan fingerprint density at radius 3 is 2.83 bits per heavy atom. The molecule has 0 aliphatic heterocycles. The molecule has 1 saturated carbocycles. The Morgan fingerprint density at radius 2 is 1.97 bits per heavy atom. The molecule has 3 heterocycles. The molecule has 0 bridgehead atoms. The van der Waals surface area contributed by atoms with E-state index in [1.807, 2.05) is 36.4 Å². The Hall–Kier alpha value is -2.77. The number of nitrogens with zero attached hydrogens (tertiary/aromatic N) is 3.